The van der Waals surface area contributed by atoms with Crippen LogP contribution in [-0.2, 0) is 18.6 Å². The molecule has 2 aliphatic rings. The highest BCUT2D eigenvalue weighted by atomic mass is 28.4. The molecule has 0 radical (unpaired) electrons. The second-order valence-corrected chi connectivity index (χ2v) is 12.5. The van der Waals surface area contributed by atoms with Crippen LogP contribution in [0.3, 0.4) is 0 Å². The van der Waals surface area contributed by atoms with E-state index in [-0.39, 0.29) is 30.1 Å². The minimum atomic E-state index is -1.75. The van der Waals surface area contributed by atoms with Crippen molar-refractivity contribution in [2.75, 3.05) is 20.5 Å². The molecule has 0 amide bonds. The molecule has 0 bridgehead atoms. The zero-order valence-corrected chi connectivity index (χ0v) is 15.1. The molecule has 1 heterocycles. The minimum Gasteiger partial charge on any atom is -0.416 e. The fourth-order valence-electron chi connectivity index (χ4n) is 2.59. The quantitative estimate of drug-likeness (QED) is 0.462. The summed E-state index contributed by atoms with van der Waals surface area (Å²) in [5.41, 5.74) is 0. The highest BCUT2D eigenvalue weighted by Crippen LogP contribution is 2.44. The van der Waals surface area contributed by atoms with Gasteiger partial charge >= 0.3 is 0 Å². The van der Waals surface area contributed by atoms with Gasteiger partial charge in [0.1, 0.15) is 19.0 Å². The normalized spacial score (nSPS) is 36.4. The Balaban J connectivity index is 1.89. The molecule has 1 aliphatic carbocycles. The van der Waals surface area contributed by atoms with Crippen LogP contribution in [0.1, 0.15) is 27.2 Å². The first-order chi connectivity index (χ1) is 9.67. The van der Waals surface area contributed by atoms with Crippen molar-refractivity contribution < 1.29 is 23.7 Å². The van der Waals surface area contributed by atoms with Gasteiger partial charge in [-0.25, -0.2) is 0 Å². The minimum absolute atomic E-state index is 0.0892. The first kappa shape index (κ1) is 17.4. The zero-order valence-electron chi connectivity index (χ0n) is 14.1. The maximum Gasteiger partial charge on any atom is 0.191 e. The Morgan fingerprint density at radius 2 is 1.90 bits per heavy atom. The molecule has 1 saturated carbocycles. The van der Waals surface area contributed by atoms with Crippen LogP contribution < -0.4 is 0 Å². The van der Waals surface area contributed by atoms with Gasteiger partial charge in [-0.2, -0.15) is 0 Å². The highest BCUT2D eigenvalue weighted by molar-refractivity contribution is 6.74. The number of aliphatic hydroxyl groups excluding tert-OH is 1. The van der Waals surface area contributed by atoms with Gasteiger partial charge in [0.15, 0.2) is 8.32 Å². The summed E-state index contributed by atoms with van der Waals surface area (Å²) >= 11 is 0. The Kier molecular flexibility index (Phi) is 5.18. The Bertz CT molecular complexity index is 354. The lowest BCUT2D eigenvalue weighted by molar-refractivity contribution is -0.128. The summed E-state index contributed by atoms with van der Waals surface area (Å²) in [6.07, 6.45) is 0.0390. The van der Waals surface area contributed by atoms with Crippen LogP contribution in [0, 0.1) is 5.92 Å². The first-order valence-electron chi connectivity index (χ1n) is 7.75. The third-order valence-electron chi connectivity index (χ3n) is 5.14. The van der Waals surface area contributed by atoms with Crippen molar-refractivity contribution in [3.8, 4) is 0 Å². The van der Waals surface area contributed by atoms with Crippen molar-refractivity contribution in [3.63, 3.8) is 0 Å². The third-order valence-corrected chi connectivity index (χ3v) is 9.64. The van der Waals surface area contributed by atoms with Crippen LogP contribution in [0.25, 0.3) is 0 Å². The van der Waals surface area contributed by atoms with Gasteiger partial charge in [0.2, 0.25) is 0 Å². The van der Waals surface area contributed by atoms with Crippen molar-refractivity contribution in [2.45, 2.75) is 69.7 Å². The average molecular weight is 318 g/mol. The van der Waals surface area contributed by atoms with E-state index in [2.05, 4.69) is 33.9 Å². The summed E-state index contributed by atoms with van der Waals surface area (Å²) < 4.78 is 22.4. The number of methoxy groups -OCH3 is 1. The van der Waals surface area contributed by atoms with Crippen LogP contribution in [0.15, 0.2) is 0 Å². The SMILES string of the molecule is COCO[C@@H]1C[C@H](CO[Si](C)(C)C(C)(C)C)[C@H]2O[C@H]2[C@H]1O. The van der Waals surface area contributed by atoms with E-state index in [1.807, 2.05) is 0 Å². The molecule has 0 aromatic rings. The molecule has 124 valence electrons. The number of rotatable bonds is 6. The Morgan fingerprint density at radius 1 is 1.24 bits per heavy atom. The molecule has 1 saturated heterocycles. The smallest absolute Gasteiger partial charge is 0.191 e. The maximum atomic E-state index is 10.1. The molecule has 1 aliphatic heterocycles. The van der Waals surface area contributed by atoms with Gasteiger partial charge in [-0.3, -0.25) is 0 Å². The second-order valence-electron chi connectivity index (χ2n) is 7.73. The molecule has 0 aromatic heterocycles. The van der Waals surface area contributed by atoms with Crippen LogP contribution in [-0.4, -0.2) is 58.3 Å². The molecule has 21 heavy (non-hydrogen) atoms. The average Bonchev–Trinajstić information content (AvgIpc) is 3.16. The van der Waals surface area contributed by atoms with Crippen LogP contribution >= 0.6 is 0 Å². The van der Waals surface area contributed by atoms with E-state index in [1.54, 1.807) is 7.11 Å². The first-order valence-corrected chi connectivity index (χ1v) is 10.7. The molecule has 2 fully saturated rings. The van der Waals surface area contributed by atoms with Crippen molar-refractivity contribution in [3.05, 3.63) is 0 Å². The summed E-state index contributed by atoms with van der Waals surface area (Å²) in [6.45, 7) is 12.1. The fraction of sp³-hybridized carbons (Fsp3) is 1.00. The molecule has 0 aromatic carbocycles. The van der Waals surface area contributed by atoms with Gasteiger partial charge in [0.25, 0.3) is 0 Å². The zero-order chi connectivity index (χ0) is 15.8. The lowest BCUT2D eigenvalue weighted by Crippen LogP contribution is -2.46. The lowest BCUT2D eigenvalue weighted by Gasteiger charge is -2.38. The molecule has 0 spiro atoms. The van der Waals surface area contributed by atoms with Gasteiger partial charge in [0.05, 0.1) is 12.2 Å². The molecule has 6 heteroatoms. The molecular weight excluding hydrogens is 288 g/mol. The van der Waals surface area contributed by atoms with E-state index in [1.165, 1.54) is 0 Å². The number of hydrogen-bond acceptors (Lipinski definition) is 5. The molecule has 5 atom stereocenters. The standard InChI is InChI=1S/C15H30O5Si/c1-15(2,3)21(5,6)19-8-10-7-11(18-9-17-4)12(16)14-13(10)20-14/h10-14,16H,7-9H2,1-6H3/t10-,11-,12+,13-,14+/m1/s1. The van der Waals surface area contributed by atoms with Crippen molar-refractivity contribution in [1.82, 2.24) is 0 Å². The van der Waals surface area contributed by atoms with Gasteiger partial charge in [0, 0.05) is 19.6 Å². The number of aliphatic hydroxyl groups is 1. The lowest BCUT2D eigenvalue weighted by atomic mass is 9.86. The summed E-state index contributed by atoms with van der Waals surface area (Å²) in [5, 5.41) is 10.3. The molecule has 1 N–H and O–H groups in total. The van der Waals surface area contributed by atoms with Crippen LogP contribution in [0.2, 0.25) is 18.1 Å². The van der Waals surface area contributed by atoms with E-state index in [0.29, 0.717) is 12.5 Å². The summed E-state index contributed by atoms with van der Waals surface area (Å²) in [6, 6.07) is 0. The molecule has 5 nitrogen and oxygen atoms in total. The Hall–Kier alpha value is 0.0169. The van der Waals surface area contributed by atoms with E-state index >= 15 is 0 Å². The van der Waals surface area contributed by atoms with Gasteiger partial charge in [-0.05, 0) is 24.6 Å². The largest absolute Gasteiger partial charge is 0.416 e. The van der Waals surface area contributed by atoms with Crippen molar-refractivity contribution in [2.24, 2.45) is 5.92 Å². The van der Waals surface area contributed by atoms with E-state index in [0.717, 1.165) is 6.42 Å². The van der Waals surface area contributed by atoms with Gasteiger partial charge in [-0.1, -0.05) is 20.8 Å². The summed E-state index contributed by atoms with van der Waals surface area (Å²) in [7, 11) is -0.161. The van der Waals surface area contributed by atoms with Gasteiger partial charge < -0.3 is 23.7 Å². The Labute approximate surface area is 129 Å². The monoisotopic (exact) mass is 318 g/mol. The maximum absolute atomic E-state index is 10.1. The second kappa shape index (κ2) is 6.26. The molecular formula is C15H30O5Si. The fourth-order valence-corrected chi connectivity index (χ4v) is 3.65. The van der Waals surface area contributed by atoms with E-state index in [9.17, 15) is 5.11 Å². The van der Waals surface area contributed by atoms with Crippen LogP contribution in [0.4, 0.5) is 0 Å². The van der Waals surface area contributed by atoms with Crippen LogP contribution in [0.5, 0.6) is 0 Å². The Morgan fingerprint density at radius 3 is 2.48 bits per heavy atom. The third kappa shape index (κ3) is 3.86. The van der Waals surface area contributed by atoms with E-state index < -0.39 is 14.4 Å². The molecule has 0 unspecified atom stereocenters. The summed E-state index contributed by atoms with van der Waals surface area (Å²) in [4.78, 5) is 0. The number of epoxide rings is 1. The topological polar surface area (TPSA) is 60.5 Å². The predicted molar refractivity (Wildman–Crippen MR) is 82.7 cm³/mol. The highest BCUT2D eigenvalue weighted by Gasteiger charge is 2.56. The number of ether oxygens (including phenoxy) is 3. The molecule has 2 rings (SSSR count). The summed E-state index contributed by atoms with van der Waals surface area (Å²) in [5.74, 6) is 0.300. The van der Waals surface area contributed by atoms with Crippen molar-refractivity contribution >= 4 is 8.32 Å². The van der Waals surface area contributed by atoms with Gasteiger partial charge in [-0.15, -0.1) is 0 Å². The number of fused-ring (bicyclic) bond motifs is 1. The number of hydrogen-bond donors (Lipinski definition) is 1. The van der Waals surface area contributed by atoms with Crippen molar-refractivity contribution in [1.29, 1.82) is 0 Å². The predicted octanol–water partition coefficient (Wildman–Crippen LogP) is 2.15. The van der Waals surface area contributed by atoms with E-state index in [4.69, 9.17) is 18.6 Å².